The van der Waals surface area contributed by atoms with E-state index in [-0.39, 0.29) is 5.97 Å². The van der Waals surface area contributed by atoms with Crippen molar-refractivity contribution in [3.05, 3.63) is 29.8 Å². The lowest BCUT2D eigenvalue weighted by Crippen LogP contribution is -2.86. The maximum Gasteiger partial charge on any atom is 0.336 e. The van der Waals surface area contributed by atoms with Crippen LogP contribution in [0.15, 0.2) is 24.3 Å². The van der Waals surface area contributed by atoms with Gasteiger partial charge in [-0.3, -0.25) is 0 Å². The average Bonchev–Trinajstić information content (AvgIpc) is 2.40. The van der Waals surface area contributed by atoms with E-state index in [9.17, 15) is 4.79 Å². The molecule has 1 aliphatic heterocycles. The molecule has 2 rings (SSSR count). The van der Waals surface area contributed by atoms with Gasteiger partial charge in [0.1, 0.15) is 5.75 Å². The topological polar surface area (TPSA) is 42.9 Å². The van der Waals surface area contributed by atoms with Gasteiger partial charge in [0.25, 0.3) is 0 Å². The molecule has 0 spiro atoms. The minimum Gasteiger partial charge on any atom is -0.425 e. The van der Waals surface area contributed by atoms with Crippen molar-refractivity contribution in [1.82, 2.24) is 0 Å². The second-order valence-corrected chi connectivity index (χ2v) is 7.49. The highest BCUT2D eigenvalue weighted by molar-refractivity contribution is 9.25. The standard InChI is InChI=1S/C13H15Br2NO2/c14-12(15)13(17)18-11-3-1-9(2-4-11)10-5-7-16-8-6-10/h1-4,10,12,16H,5-8H2/p+1. The number of piperidine rings is 1. The van der Waals surface area contributed by atoms with Crippen LogP contribution >= 0.6 is 31.9 Å². The van der Waals surface area contributed by atoms with Crippen LogP contribution in [-0.2, 0) is 4.79 Å². The van der Waals surface area contributed by atoms with Gasteiger partial charge in [0, 0.05) is 12.8 Å². The monoisotopic (exact) mass is 376 g/mol. The Morgan fingerprint density at radius 3 is 2.39 bits per heavy atom. The van der Waals surface area contributed by atoms with Crippen molar-refractivity contribution in [2.75, 3.05) is 13.1 Å². The van der Waals surface area contributed by atoms with Crippen molar-refractivity contribution in [3.63, 3.8) is 0 Å². The Labute approximate surface area is 124 Å². The van der Waals surface area contributed by atoms with Gasteiger partial charge in [0.05, 0.1) is 13.1 Å². The summed E-state index contributed by atoms with van der Waals surface area (Å²) in [4.78, 5) is 11.4. The molecule has 1 fully saturated rings. The van der Waals surface area contributed by atoms with Gasteiger partial charge in [-0.25, -0.2) is 4.79 Å². The summed E-state index contributed by atoms with van der Waals surface area (Å²) < 4.78 is 4.72. The number of alkyl halides is 2. The smallest absolute Gasteiger partial charge is 0.336 e. The third kappa shape index (κ3) is 3.80. The van der Waals surface area contributed by atoms with E-state index in [1.165, 1.54) is 31.5 Å². The summed E-state index contributed by atoms with van der Waals surface area (Å²) in [5, 5.41) is 2.36. The number of nitrogens with two attached hydrogens (primary N) is 1. The maximum absolute atomic E-state index is 11.4. The Morgan fingerprint density at radius 1 is 1.22 bits per heavy atom. The molecule has 0 atom stereocenters. The molecule has 0 bridgehead atoms. The number of carbonyl (C=O) groups is 1. The Balaban J connectivity index is 1.98. The number of esters is 1. The SMILES string of the molecule is O=C(Oc1ccc(C2CC[NH2+]CC2)cc1)C(Br)Br. The fourth-order valence-corrected chi connectivity index (χ4v) is 2.42. The second-order valence-electron chi connectivity index (χ2n) is 4.43. The third-order valence-corrected chi connectivity index (χ3v) is 3.93. The van der Waals surface area contributed by atoms with Crippen molar-refractivity contribution in [1.29, 1.82) is 0 Å². The number of carbonyl (C=O) groups excluding carboxylic acids is 1. The molecule has 1 aromatic rings. The molecule has 5 heteroatoms. The molecular weight excluding hydrogens is 362 g/mol. The number of hydrogen-bond donors (Lipinski definition) is 1. The van der Waals surface area contributed by atoms with Crippen LogP contribution in [-0.4, -0.2) is 22.8 Å². The first-order valence-electron chi connectivity index (χ1n) is 6.08. The van der Waals surface area contributed by atoms with Gasteiger partial charge in [0.2, 0.25) is 0 Å². The quantitative estimate of drug-likeness (QED) is 0.498. The van der Waals surface area contributed by atoms with E-state index >= 15 is 0 Å². The van der Waals surface area contributed by atoms with Crippen molar-refractivity contribution >= 4 is 37.8 Å². The van der Waals surface area contributed by atoms with Crippen molar-refractivity contribution < 1.29 is 14.8 Å². The molecule has 1 aliphatic rings. The summed E-state index contributed by atoms with van der Waals surface area (Å²) >= 11 is 6.23. The average molecular weight is 378 g/mol. The van der Waals surface area contributed by atoms with Crippen LogP contribution in [0.5, 0.6) is 5.75 Å². The van der Waals surface area contributed by atoms with E-state index in [0.29, 0.717) is 11.7 Å². The number of ether oxygens (including phenoxy) is 1. The van der Waals surface area contributed by atoms with Gasteiger partial charge in [-0.05, 0) is 23.6 Å². The molecule has 1 heterocycles. The molecule has 2 N–H and O–H groups in total. The van der Waals surface area contributed by atoms with E-state index < -0.39 is 3.74 Å². The zero-order chi connectivity index (χ0) is 13.0. The Morgan fingerprint density at radius 2 is 1.83 bits per heavy atom. The normalized spacial score (nSPS) is 16.8. The molecule has 0 unspecified atom stereocenters. The first-order valence-corrected chi connectivity index (χ1v) is 7.91. The van der Waals surface area contributed by atoms with Gasteiger partial charge in [-0.15, -0.1) is 0 Å². The molecule has 1 saturated heterocycles. The predicted octanol–water partition coefficient (Wildman–Crippen LogP) is 2.15. The molecule has 0 saturated carbocycles. The highest BCUT2D eigenvalue weighted by Crippen LogP contribution is 2.26. The first kappa shape index (κ1) is 14.0. The first-order chi connectivity index (χ1) is 8.66. The summed E-state index contributed by atoms with van der Waals surface area (Å²) in [5.41, 5.74) is 1.34. The molecular formula is C13H16Br2NO2+. The van der Waals surface area contributed by atoms with Crippen LogP contribution in [0.2, 0.25) is 0 Å². The minimum atomic E-state index is -0.460. The number of halogens is 2. The largest absolute Gasteiger partial charge is 0.425 e. The van der Waals surface area contributed by atoms with E-state index in [1.54, 1.807) is 0 Å². The molecule has 0 radical (unpaired) electrons. The lowest BCUT2D eigenvalue weighted by Gasteiger charge is -2.20. The number of benzene rings is 1. The molecule has 98 valence electrons. The van der Waals surface area contributed by atoms with E-state index in [0.717, 1.165) is 0 Å². The zero-order valence-corrected chi connectivity index (χ0v) is 13.1. The van der Waals surface area contributed by atoms with Crippen LogP contribution in [0, 0.1) is 0 Å². The van der Waals surface area contributed by atoms with Gasteiger partial charge < -0.3 is 10.1 Å². The minimum absolute atomic E-state index is 0.338. The Bertz CT molecular complexity index is 400. The molecule has 0 aromatic heterocycles. The van der Waals surface area contributed by atoms with Crippen molar-refractivity contribution in [3.8, 4) is 5.75 Å². The summed E-state index contributed by atoms with van der Waals surface area (Å²) in [5.74, 6) is 0.907. The molecule has 18 heavy (non-hydrogen) atoms. The number of hydrogen-bond acceptors (Lipinski definition) is 2. The summed E-state index contributed by atoms with van der Waals surface area (Å²) in [6, 6.07) is 7.87. The van der Waals surface area contributed by atoms with Crippen LogP contribution in [0.1, 0.15) is 24.3 Å². The lowest BCUT2D eigenvalue weighted by molar-refractivity contribution is -0.663. The predicted molar refractivity (Wildman–Crippen MR) is 77.4 cm³/mol. The van der Waals surface area contributed by atoms with E-state index in [4.69, 9.17) is 4.74 Å². The summed E-state index contributed by atoms with van der Waals surface area (Å²) in [6.07, 6.45) is 2.45. The van der Waals surface area contributed by atoms with Crippen LogP contribution < -0.4 is 10.1 Å². The lowest BCUT2D eigenvalue weighted by atomic mass is 9.90. The zero-order valence-electron chi connectivity index (χ0n) is 9.94. The third-order valence-electron chi connectivity index (χ3n) is 3.19. The second kappa shape index (κ2) is 6.68. The summed E-state index contributed by atoms with van der Waals surface area (Å²) in [6.45, 7) is 2.41. The number of rotatable bonds is 3. The molecule has 0 amide bonds. The number of quaternary nitrogens is 1. The van der Waals surface area contributed by atoms with Gasteiger partial charge in [-0.2, -0.15) is 0 Å². The van der Waals surface area contributed by atoms with E-state index in [1.807, 2.05) is 12.1 Å². The van der Waals surface area contributed by atoms with Crippen molar-refractivity contribution in [2.45, 2.75) is 22.5 Å². The molecule has 1 aromatic carbocycles. The summed E-state index contributed by atoms with van der Waals surface area (Å²) in [7, 11) is 0. The van der Waals surface area contributed by atoms with Gasteiger partial charge in [0.15, 0.2) is 3.74 Å². The van der Waals surface area contributed by atoms with Gasteiger partial charge in [-0.1, -0.05) is 44.0 Å². The fourth-order valence-electron chi connectivity index (χ4n) is 2.23. The van der Waals surface area contributed by atoms with Crippen LogP contribution in [0.25, 0.3) is 0 Å². The molecule has 0 aliphatic carbocycles. The Kier molecular flexibility index (Phi) is 5.21. The van der Waals surface area contributed by atoms with Gasteiger partial charge >= 0.3 is 5.97 Å². The Hall–Kier alpha value is -0.390. The van der Waals surface area contributed by atoms with Crippen LogP contribution in [0.3, 0.4) is 0 Å². The van der Waals surface area contributed by atoms with E-state index in [2.05, 4.69) is 49.3 Å². The highest BCUT2D eigenvalue weighted by Gasteiger charge is 2.18. The highest BCUT2D eigenvalue weighted by atomic mass is 79.9. The van der Waals surface area contributed by atoms with Crippen molar-refractivity contribution in [2.24, 2.45) is 0 Å². The van der Waals surface area contributed by atoms with Crippen LogP contribution in [0.4, 0.5) is 0 Å². The molecule has 3 nitrogen and oxygen atoms in total. The fraction of sp³-hybridized carbons (Fsp3) is 0.462. The maximum atomic E-state index is 11.4.